The summed E-state index contributed by atoms with van der Waals surface area (Å²) in [4.78, 5) is 2.42. The Hall–Kier alpha value is -1.72. The summed E-state index contributed by atoms with van der Waals surface area (Å²) in [6.07, 6.45) is 4.41. The summed E-state index contributed by atoms with van der Waals surface area (Å²) in [5.74, 6) is 1.12. The minimum atomic E-state index is 0.282. The first-order valence-corrected chi connectivity index (χ1v) is 8.12. The molecule has 5 rings (SSSR count). The first-order chi connectivity index (χ1) is 10.8. The Morgan fingerprint density at radius 1 is 1.23 bits per heavy atom. The molecule has 116 valence electrons. The number of benzene rings is 1. The fraction of sp³-hybridized carbons (Fsp3) is 0.529. The van der Waals surface area contributed by atoms with Crippen LogP contribution in [0.2, 0.25) is 0 Å². The van der Waals surface area contributed by atoms with Crippen LogP contribution in [0.1, 0.15) is 30.0 Å². The maximum Gasteiger partial charge on any atom is 0.0873 e. The summed E-state index contributed by atoms with van der Waals surface area (Å²) in [5, 5.41) is 18.2. The molecular formula is C17H22N4O. The maximum absolute atomic E-state index is 9.46. The molecule has 1 unspecified atom stereocenters. The Labute approximate surface area is 130 Å². The maximum atomic E-state index is 9.46. The molecule has 2 aromatic rings. The van der Waals surface area contributed by atoms with Crippen molar-refractivity contribution in [2.45, 2.75) is 31.3 Å². The highest BCUT2D eigenvalue weighted by Crippen LogP contribution is 2.40. The van der Waals surface area contributed by atoms with Crippen LogP contribution in [0.5, 0.6) is 0 Å². The van der Waals surface area contributed by atoms with Gasteiger partial charge in [0.15, 0.2) is 0 Å². The van der Waals surface area contributed by atoms with E-state index in [1.54, 1.807) is 0 Å². The van der Waals surface area contributed by atoms with Gasteiger partial charge in [0.1, 0.15) is 0 Å². The minimum Gasteiger partial charge on any atom is -0.395 e. The Balaban J connectivity index is 1.48. The number of piperidine rings is 3. The van der Waals surface area contributed by atoms with Crippen LogP contribution in [0.25, 0.3) is 0 Å². The van der Waals surface area contributed by atoms with Gasteiger partial charge in [-0.05, 0) is 30.9 Å². The molecule has 2 bridgehead atoms. The van der Waals surface area contributed by atoms with Gasteiger partial charge in [-0.25, -0.2) is 4.68 Å². The number of aliphatic hydroxyl groups is 1. The molecule has 3 aliphatic rings. The number of hydrogen-bond donors (Lipinski definition) is 1. The van der Waals surface area contributed by atoms with Crippen molar-refractivity contribution in [3.63, 3.8) is 0 Å². The van der Waals surface area contributed by atoms with E-state index in [0.29, 0.717) is 17.9 Å². The van der Waals surface area contributed by atoms with Crippen molar-refractivity contribution in [1.29, 1.82) is 0 Å². The Morgan fingerprint density at radius 3 is 2.82 bits per heavy atom. The number of rotatable bonds is 4. The molecule has 1 aromatic heterocycles. The van der Waals surface area contributed by atoms with E-state index >= 15 is 0 Å². The molecule has 3 fully saturated rings. The van der Waals surface area contributed by atoms with Crippen molar-refractivity contribution in [3.05, 3.63) is 47.8 Å². The van der Waals surface area contributed by atoms with Crippen LogP contribution < -0.4 is 0 Å². The zero-order valence-corrected chi connectivity index (χ0v) is 12.7. The Morgan fingerprint density at radius 2 is 2.09 bits per heavy atom. The molecule has 4 heterocycles. The lowest BCUT2D eigenvalue weighted by molar-refractivity contribution is 0.00184. The molecule has 5 heteroatoms. The average Bonchev–Trinajstić information content (AvgIpc) is 3.04. The van der Waals surface area contributed by atoms with Crippen LogP contribution in [0.15, 0.2) is 36.5 Å². The molecule has 3 aliphatic heterocycles. The number of aromatic nitrogens is 3. The fourth-order valence-corrected chi connectivity index (χ4v) is 3.99. The Kier molecular flexibility index (Phi) is 3.68. The van der Waals surface area contributed by atoms with E-state index in [1.165, 1.54) is 12.0 Å². The highest BCUT2D eigenvalue weighted by Gasteiger charge is 2.41. The SMILES string of the molecule is OC[C@@H]1C[C@@H]2CCN1C[C@H]2c1cn(Cc2ccccc2)nn1. The fourth-order valence-electron chi connectivity index (χ4n) is 3.99. The molecule has 0 aliphatic carbocycles. The van der Waals surface area contributed by atoms with Crippen molar-refractivity contribution >= 4 is 0 Å². The van der Waals surface area contributed by atoms with Crippen molar-refractivity contribution in [2.24, 2.45) is 5.92 Å². The van der Waals surface area contributed by atoms with Gasteiger partial charge in [-0.2, -0.15) is 0 Å². The lowest BCUT2D eigenvalue weighted by Gasteiger charge is -2.48. The largest absolute Gasteiger partial charge is 0.395 e. The van der Waals surface area contributed by atoms with Gasteiger partial charge < -0.3 is 5.11 Å². The van der Waals surface area contributed by atoms with E-state index in [1.807, 2.05) is 10.7 Å². The highest BCUT2D eigenvalue weighted by molar-refractivity contribution is 5.16. The first-order valence-electron chi connectivity index (χ1n) is 8.12. The van der Waals surface area contributed by atoms with E-state index in [2.05, 4.69) is 45.7 Å². The zero-order valence-electron chi connectivity index (χ0n) is 12.7. The standard InChI is InChI=1S/C17H22N4O/c22-12-15-8-14-6-7-20(15)10-16(14)17-11-21(19-18-17)9-13-4-2-1-3-5-13/h1-5,11,14-16,22H,6-10,12H2/t14-,15-,16+/m0/s1. The molecule has 22 heavy (non-hydrogen) atoms. The third kappa shape index (κ3) is 2.55. The Bertz CT molecular complexity index is 627. The summed E-state index contributed by atoms with van der Waals surface area (Å²) in [7, 11) is 0. The van der Waals surface area contributed by atoms with Crippen LogP contribution in [-0.2, 0) is 6.54 Å². The van der Waals surface area contributed by atoms with Gasteiger partial charge in [-0.15, -0.1) is 5.10 Å². The average molecular weight is 298 g/mol. The van der Waals surface area contributed by atoms with E-state index in [-0.39, 0.29) is 6.61 Å². The van der Waals surface area contributed by atoms with Crippen LogP contribution in [0.4, 0.5) is 0 Å². The summed E-state index contributed by atoms with van der Waals surface area (Å²) in [5.41, 5.74) is 2.36. The van der Waals surface area contributed by atoms with E-state index < -0.39 is 0 Å². The van der Waals surface area contributed by atoms with E-state index in [4.69, 9.17) is 0 Å². The summed E-state index contributed by atoms with van der Waals surface area (Å²) < 4.78 is 1.94. The van der Waals surface area contributed by atoms with Crippen LogP contribution >= 0.6 is 0 Å². The van der Waals surface area contributed by atoms with Gasteiger partial charge in [-0.3, -0.25) is 4.90 Å². The molecule has 0 saturated carbocycles. The molecular weight excluding hydrogens is 276 g/mol. The van der Waals surface area contributed by atoms with Crippen molar-refractivity contribution < 1.29 is 5.11 Å². The van der Waals surface area contributed by atoms with Crippen LogP contribution in [0.3, 0.4) is 0 Å². The van der Waals surface area contributed by atoms with Gasteiger partial charge in [0.25, 0.3) is 0 Å². The number of hydrogen-bond acceptors (Lipinski definition) is 4. The summed E-state index contributed by atoms with van der Waals surface area (Å²) in [6, 6.07) is 10.7. The van der Waals surface area contributed by atoms with Crippen molar-refractivity contribution in [3.8, 4) is 0 Å². The topological polar surface area (TPSA) is 54.2 Å². The molecule has 3 saturated heterocycles. The monoisotopic (exact) mass is 298 g/mol. The molecule has 0 amide bonds. The zero-order chi connectivity index (χ0) is 14.9. The van der Waals surface area contributed by atoms with Gasteiger partial charge in [-0.1, -0.05) is 35.5 Å². The van der Waals surface area contributed by atoms with Crippen LogP contribution in [0, 0.1) is 5.92 Å². The smallest absolute Gasteiger partial charge is 0.0873 e. The molecule has 1 N–H and O–H groups in total. The normalized spacial score (nSPS) is 30.6. The molecule has 4 atom stereocenters. The first kappa shape index (κ1) is 13.9. The summed E-state index contributed by atoms with van der Waals surface area (Å²) >= 11 is 0. The van der Waals surface area contributed by atoms with Crippen molar-refractivity contribution in [1.82, 2.24) is 19.9 Å². The lowest BCUT2D eigenvalue weighted by Crippen LogP contribution is -2.53. The third-order valence-electron chi connectivity index (χ3n) is 5.21. The number of nitrogens with zero attached hydrogens (tertiary/aromatic N) is 4. The number of fused-ring (bicyclic) bond motifs is 3. The second-order valence-corrected chi connectivity index (χ2v) is 6.55. The quantitative estimate of drug-likeness (QED) is 0.929. The van der Waals surface area contributed by atoms with Crippen LogP contribution in [-0.4, -0.2) is 50.7 Å². The minimum absolute atomic E-state index is 0.282. The molecule has 1 aromatic carbocycles. The van der Waals surface area contributed by atoms with Crippen molar-refractivity contribution in [2.75, 3.05) is 19.7 Å². The lowest BCUT2D eigenvalue weighted by atomic mass is 9.74. The second-order valence-electron chi connectivity index (χ2n) is 6.55. The predicted octanol–water partition coefficient (Wildman–Crippen LogP) is 1.50. The molecule has 0 radical (unpaired) electrons. The van der Waals surface area contributed by atoms with Gasteiger partial charge in [0.2, 0.25) is 0 Å². The third-order valence-corrected chi connectivity index (χ3v) is 5.21. The highest BCUT2D eigenvalue weighted by atomic mass is 16.3. The van der Waals surface area contributed by atoms with E-state index in [0.717, 1.165) is 31.7 Å². The summed E-state index contributed by atoms with van der Waals surface area (Å²) in [6.45, 7) is 3.18. The van der Waals surface area contributed by atoms with Gasteiger partial charge >= 0.3 is 0 Å². The van der Waals surface area contributed by atoms with Gasteiger partial charge in [0, 0.05) is 24.7 Å². The second kappa shape index (κ2) is 5.82. The molecule has 0 spiro atoms. The van der Waals surface area contributed by atoms with E-state index in [9.17, 15) is 5.11 Å². The number of aliphatic hydroxyl groups excluding tert-OH is 1. The van der Waals surface area contributed by atoms with Gasteiger partial charge in [0.05, 0.1) is 18.8 Å². The predicted molar refractivity (Wildman–Crippen MR) is 83.5 cm³/mol. The molecule has 5 nitrogen and oxygen atoms in total.